The van der Waals surface area contributed by atoms with Crippen LogP contribution in [0.4, 0.5) is 5.69 Å². The molecule has 0 amide bonds. The van der Waals surface area contributed by atoms with Gasteiger partial charge in [0.05, 0.1) is 0 Å². The van der Waals surface area contributed by atoms with Crippen molar-refractivity contribution in [3.05, 3.63) is 42.5 Å². The Bertz CT molecular complexity index is 444. The summed E-state index contributed by atoms with van der Waals surface area (Å²) in [7, 11) is 0. The summed E-state index contributed by atoms with van der Waals surface area (Å²) in [6.07, 6.45) is 0. The zero-order chi connectivity index (χ0) is 10.7. The van der Waals surface area contributed by atoms with E-state index in [0.717, 1.165) is 13.1 Å². The van der Waals surface area contributed by atoms with Gasteiger partial charge in [-0.05, 0) is 30.7 Å². The summed E-state index contributed by atoms with van der Waals surface area (Å²) in [6.45, 7) is 6.41. The van der Waals surface area contributed by atoms with Gasteiger partial charge in [0.25, 0.3) is 0 Å². The first-order valence-electron chi connectivity index (χ1n) is 5.51. The van der Waals surface area contributed by atoms with E-state index in [2.05, 4.69) is 61.2 Å². The van der Waals surface area contributed by atoms with Gasteiger partial charge in [-0.15, -0.1) is 0 Å². The van der Waals surface area contributed by atoms with Crippen molar-refractivity contribution in [2.75, 3.05) is 18.0 Å². The van der Waals surface area contributed by atoms with E-state index in [4.69, 9.17) is 0 Å². The van der Waals surface area contributed by atoms with Gasteiger partial charge in [-0.25, -0.2) is 0 Å². The molecule has 2 aromatic rings. The summed E-state index contributed by atoms with van der Waals surface area (Å²) in [5.74, 6) is 0. The zero-order valence-corrected chi connectivity index (χ0v) is 9.33. The molecule has 0 N–H and O–H groups in total. The van der Waals surface area contributed by atoms with Gasteiger partial charge in [-0.3, -0.25) is 0 Å². The highest BCUT2D eigenvalue weighted by atomic mass is 15.1. The van der Waals surface area contributed by atoms with Crippen LogP contribution in [0.1, 0.15) is 13.8 Å². The van der Waals surface area contributed by atoms with Gasteiger partial charge in [0.2, 0.25) is 0 Å². The second-order valence-electron chi connectivity index (χ2n) is 3.60. The maximum absolute atomic E-state index is 3.45. The summed E-state index contributed by atoms with van der Waals surface area (Å²) >= 11 is 0. The van der Waals surface area contributed by atoms with Gasteiger partial charge in [0.1, 0.15) is 0 Å². The van der Waals surface area contributed by atoms with Crippen molar-refractivity contribution in [2.45, 2.75) is 13.8 Å². The lowest BCUT2D eigenvalue weighted by molar-refractivity contribution is 0.866. The molecule has 2 aromatic carbocycles. The van der Waals surface area contributed by atoms with E-state index in [0.29, 0.717) is 0 Å². The molecule has 0 saturated carbocycles. The Morgan fingerprint density at radius 2 is 1.73 bits per heavy atom. The first kappa shape index (κ1) is 10.0. The molecule has 0 atom stereocenters. The molecule has 1 nitrogen and oxygen atoms in total. The van der Waals surface area contributed by atoms with Crippen molar-refractivity contribution in [3.63, 3.8) is 0 Å². The normalized spacial score (nSPS) is 10.5. The molecule has 0 unspecified atom stereocenters. The van der Waals surface area contributed by atoms with Crippen LogP contribution in [0.2, 0.25) is 0 Å². The molecular formula is C14H16N. The smallest absolute Gasteiger partial charge is 0.0453 e. The third-order valence-electron chi connectivity index (χ3n) is 2.75. The van der Waals surface area contributed by atoms with E-state index in [1.54, 1.807) is 0 Å². The van der Waals surface area contributed by atoms with Crippen molar-refractivity contribution >= 4 is 16.5 Å². The molecule has 0 aliphatic rings. The lowest BCUT2D eigenvalue weighted by atomic mass is 10.1. The summed E-state index contributed by atoms with van der Waals surface area (Å²) in [4.78, 5) is 2.31. The molecule has 0 fully saturated rings. The Labute approximate surface area is 91.3 Å². The summed E-state index contributed by atoms with van der Waals surface area (Å²) in [6, 6.07) is 16.1. The minimum atomic E-state index is 1.03. The topological polar surface area (TPSA) is 3.24 Å². The maximum atomic E-state index is 3.45. The predicted molar refractivity (Wildman–Crippen MR) is 66.3 cm³/mol. The summed E-state index contributed by atoms with van der Waals surface area (Å²) in [5, 5.41) is 2.45. The van der Waals surface area contributed by atoms with Gasteiger partial charge >= 0.3 is 0 Å². The standard InChI is InChI=1S/C14H16N/c1-3-15(4-2)14-10-9-12-7-5-6-8-13(12)11-14/h5-10H,3-4H2,1-2H3. The Kier molecular flexibility index (Phi) is 2.91. The van der Waals surface area contributed by atoms with Crippen molar-refractivity contribution < 1.29 is 0 Å². The number of nitrogens with zero attached hydrogens (tertiary/aromatic N) is 1. The highest BCUT2D eigenvalue weighted by molar-refractivity contribution is 5.85. The molecule has 77 valence electrons. The number of benzene rings is 2. The Hall–Kier alpha value is -1.50. The van der Waals surface area contributed by atoms with Crippen LogP contribution in [0.3, 0.4) is 0 Å². The van der Waals surface area contributed by atoms with Crippen LogP contribution in [0.5, 0.6) is 0 Å². The number of anilines is 1. The average Bonchev–Trinajstić information content (AvgIpc) is 2.30. The van der Waals surface area contributed by atoms with Crippen LogP contribution < -0.4 is 4.90 Å². The molecular weight excluding hydrogens is 182 g/mol. The third-order valence-corrected chi connectivity index (χ3v) is 2.75. The van der Waals surface area contributed by atoms with E-state index in [1.165, 1.54) is 16.5 Å². The minimum absolute atomic E-state index is 1.03. The molecule has 1 radical (unpaired) electrons. The fourth-order valence-corrected chi connectivity index (χ4v) is 1.85. The van der Waals surface area contributed by atoms with E-state index < -0.39 is 0 Å². The number of hydrogen-bond acceptors (Lipinski definition) is 1. The fourth-order valence-electron chi connectivity index (χ4n) is 1.85. The quantitative estimate of drug-likeness (QED) is 0.729. The minimum Gasteiger partial charge on any atom is -0.372 e. The van der Waals surface area contributed by atoms with Crippen molar-refractivity contribution in [2.24, 2.45) is 0 Å². The lowest BCUT2D eigenvalue weighted by Crippen LogP contribution is -2.21. The van der Waals surface area contributed by atoms with Crippen LogP contribution in [0.15, 0.2) is 36.4 Å². The molecule has 2 rings (SSSR count). The molecule has 15 heavy (non-hydrogen) atoms. The SMILES string of the molecule is CCN(CC)c1[c]c2ccccc2cc1. The third kappa shape index (κ3) is 1.96. The molecule has 0 aromatic heterocycles. The summed E-state index contributed by atoms with van der Waals surface area (Å²) < 4.78 is 0. The molecule has 0 spiro atoms. The van der Waals surface area contributed by atoms with Crippen molar-refractivity contribution in [3.8, 4) is 0 Å². The monoisotopic (exact) mass is 198 g/mol. The van der Waals surface area contributed by atoms with E-state index >= 15 is 0 Å². The van der Waals surface area contributed by atoms with Gasteiger partial charge in [0.15, 0.2) is 0 Å². The second kappa shape index (κ2) is 4.35. The van der Waals surface area contributed by atoms with Gasteiger partial charge in [-0.2, -0.15) is 0 Å². The first-order valence-corrected chi connectivity index (χ1v) is 5.51. The summed E-state index contributed by atoms with van der Waals surface area (Å²) in [5.41, 5.74) is 1.19. The average molecular weight is 198 g/mol. The van der Waals surface area contributed by atoms with Gasteiger partial charge < -0.3 is 4.90 Å². The highest BCUT2D eigenvalue weighted by Crippen LogP contribution is 2.20. The number of hydrogen-bond donors (Lipinski definition) is 0. The Balaban J connectivity index is 2.46. The van der Waals surface area contributed by atoms with Crippen LogP contribution in [0.25, 0.3) is 10.8 Å². The van der Waals surface area contributed by atoms with E-state index in [-0.39, 0.29) is 0 Å². The van der Waals surface area contributed by atoms with Crippen LogP contribution in [-0.4, -0.2) is 13.1 Å². The van der Waals surface area contributed by atoms with Gasteiger partial charge in [-0.1, -0.05) is 30.3 Å². The molecule has 1 heteroatoms. The highest BCUT2D eigenvalue weighted by Gasteiger charge is 2.02. The van der Waals surface area contributed by atoms with Crippen molar-refractivity contribution in [1.29, 1.82) is 0 Å². The number of rotatable bonds is 3. The first-order chi connectivity index (χ1) is 7.35. The Morgan fingerprint density at radius 3 is 2.47 bits per heavy atom. The number of fused-ring (bicyclic) bond motifs is 1. The van der Waals surface area contributed by atoms with Crippen LogP contribution in [0, 0.1) is 6.07 Å². The molecule has 0 bridgehead atoms. The molecule has 0 aliphatic heterocycles. The molecule has 0 aliphatic carbocycles. The largest absolute Gasteiger partial charge is 0.372 e. The van der Waals surface area contributed by atoms with Crippen LogP contribution in [-0.2, 0) is 0 Å². The predicted octanol–water partition coefficient (Wildman–Crippen LogP) is 3.49. The lowest BCUT2D eigenvalue weighted by Gasteiger charge is -2.20. The zero-order valence-electron chi connectivity index (χ0n) is 9.33. The van der Waals surface area contributed by atoms with Gasteiger partial charge in [0, 0.05) is 24.8 Å². The Morgan fingerprint density at radius 1 is 1.00 bits per heavy atom. The fraction of sp³-hybridized carbons (Fsp3) is 0.286. The van der Waals surface area contributed by atoms with E-state index in [9.17, 15) is 0 Å². The van der Waals surface area contributed by atoms with Crippen LogP contribution >= 0.6 is 0 Å². The molecule has 0 saturated heterocycles. The second-order valence-corrected chi connectivity index (χ2v) is 3.60. The van der Waals surface area contributed by atoms with Crippen molar-refractivity contribution in [1.82, 2.24) is 0 Å². The molecule has 0 heterocycles. The van der Waals surface area contributed by atoms with E-state index in [1.807, 2.05) is 0 Å². The maximum Gasteiger partial charge on any atom is 0.0453 e.